The molecule has 3 heterocycles. The van der Waals surface area contributed by atoms with Crippen LogP contribution in [0.4, 0.5) is 0 Å². The van der Waals surface area contributed by atoms with Crippen molar-refractivity contribution in [3.63, 3.8) is 0 Å². The van der Waals surface area contributed by atoms with Crippen LogP contribution < -0.4 is 0 Å². The maximum atomic E-state index is 13.0. The van der Waals surface area contributed by atoms with Gasteiger partial charge in [-0.2, -0.15) is 0 Å². The number of ether oxygens (including phenoxy) is 1. The molecule has 5 rings (SSSR count). The molecule has 2 amide bonds. The normalized spacial score (nSPS) is 28.5. The average molecular weight is 378 g/mol. The molecule has 0 radical (unpaired) electrons. The summed E-state index contributed by atoms with van der Waals surface area (Å²) in [6.07, 6.45) is 0.879. The van der Waals surface area contributed by atoms with E-state index >= 15 is 0 Å². The number of aromatic hydroxyl groups is 1. The molecule has 144 valence electrons. The van der Waals surface area contributed by atoms with Gasteiger partial charge in [0.05, 0.1) is 25.4 Å². The van der Waals surface area contributed by atoms with Crippen LogP contribution in [0.2, 0.25) is 0 Å². The van der Waals surface area contributed by atoms with Crippen LogP contribution in [0.3, 0.4) is 0 Å². The highest BCUT2D eigenvalue weighted by Gasteiger charge is 2.64. The monoisotopic (exact) mass is 378 g/mol. The standard InChI is InChI=1S/C22H22N2O4/c25-17-9-5-4-8-16(17)12-20(26)23-11-10-22-19(23)13-21(27)24(22)14-18(28-22)15-6-2-1-3-7-15/h1-9,18-19,25H,10-14H2/t18-,19-,22+/m1/s1. The molecule has 3 fully saturated rings. The molecule has 1 N–H and O–H groups in total. The number of carbonyl (C=O) groups is 2. The lowest BCUT2D eigenvalue weighted by atomic mass is 10.1. The number of para-hydroxylation sites is 1. The zero-order valence-electron chi connectivity index (χ0n) is 15.5. The Morgan fingerprint density at radius 1 is 1.14 bits per heavy atom. The van der Waals surface area contributed by atoms with Crippen molar-refractivity contribution in [3.05, 3.63) is 65.7 Å². The lowest BCUT2D eigenvalue weighted by molar-refractivity contribution is -0.142. The minimum Gasteiger partial charge on any atom is -0.508 e. The van der Waals surface area contributed by atoms with Crippen molar-refractivity contribution in [2.75, 3.05) is 13.1 Å². The number of carbonyl (C=O) groups excluding carboxylic acids is 2. The van der Waals surface area contributed by atoms with Crippen molar-refractivity contribution in [2.24, 2.45) is 0 Å². The summed E-state index contributed by atoms with van der Waals surface area (Å²) in [5.41, 5.74) is 0.937. The van der Waals surface area contributed by atoms with Gasteiger partial charge in [-0.15, -0.1) is 0 Å². The molecule has 3 aliphatic rings. The molecule has 2 aromatic carbocycles. The van der Waals surface area contributed by atoms with E-state index in [2.05, 4.69) is 0 Å². The highest BCUT2D eigenvalue weighted by molar-refractivity contribution is 5.85. The quantitative estimate of drug-likeness (QED) is 0.889. The Morgan fingerprint density at radius 2 is 1.89 bits per heavy atom. The van der Waals surface area contributed by atoms with Crippen molar-refractivity contribution < 1.29 is 19.4 Å². The molecule has 6 heteroatoms. The summed E-state index contributed by atoms with van der Waals surface area (Å²) in [5, 5.41) is 9.98. The van der Waals surface area contributed by atoms with E-state index in [9.17, 15) is 14.7 Å². The molecule has 2 aromatic rings. The lowest BCUT2D eigenvalue weighted by Crippen LogP contribution is -2.49. The van der Waals surface area contributed by atoms with E-state index in [1.165, 1.54) is 0 Å². The van der Waals surface area contributed by atoms with E-state index in [1.54, 1.807) is 29.2 Å². The fourth-order valence-corrected chi connectivity index (χ4v) is 4.89. The van der Waals surface area contributed by atoms with Crippen LogP contribution in [0.1, 0.15) is 30.1 Å². The number of phenols is 1. The van der Waals surface area contributed by atoms with Gasteiger partial charge in [0.1, 0.15) is 11.9 Å². The Kier molecular flexibility index (Phi) is 3.91. The van der Waals surface area contributed by atoms with Crippen molar-refractivity contribution in [2.45, 2.75) is 37.1 Å². The summed E-state index contributed by atoms with van der Waals surface area (Å²) in [5.74, 6) is 0.0865. The van der Waals surface area contributed by atoms with Crippen LogP contribution in [-0.4, -0.2) is 51.6 Å². The van der Waals surface area contributed by atoms with Gasteiger partial charge in [-0.3, -0.25) is 9.59 Å². The van der Waals surface area contributed by atoms with Gasteiger partial charge in [0.2, 0.25) is 11.8 Å². The molecule has 6 nitrogen and oxygen atoms in total. The highest BCUT2D eigenvalue weighted by Crippen LogP contribution is 2.50. The Bertz CT molecular complexity index is 931. The van der Waals surface area contributed by atoms with Crippen molar-refractivity contribution in [1.29, 1.82) is 0 Å². The first-order valence-electron chi connectivity index (χ1n) is 9.68. The van der Waals surface area contributed by atoms with E-state index in [1.807, 2.05) is 35.2 Å². The first-order chi connectivity index (χ1) is 13.6. The van der Waals surface area contributed by atoms with E-state index in [0.717, 1.165) is 5.56 Å². The number of hydrogen-bond acceptors (Lipinski definition) is 4. The van der Waals surface area contributed by atoms with Crippen LogP contribution >= 0.6 is 0 Å². The van der Waals surface area contributed by atoms with Gasteiger partial charge < -0.3 is 19.6 Å². The summed E-state index contributed by atoms with van der Waals surface area (Å²) in [6.45, 7) is 1.09. The van der Waals surface area contributed by atoms with Gasteiger partial charge in [0.15, 0.2) is 5.72 Å². The van der Waals surface area contributed by atoms with Gasteiger partial charge >= 0.3 is 0 Å². The summed E-state index contributed by atoms with van der Waals surface area (Å²) >= 11 is 0. The van der Waals surface area contributed by atoms with Gasteiger partial charge in [-0.05, 0) is 11.6 Å². The Hall–Kier alpha value is -2.86. The number of nitrogens with zero attached hydrogens (tertiary/aromatic N) is 2. The Balaban J connectivity index is 1.39. The van der Waals surface area contributed by atoms with Crippen molar-refractivity contribution in [3.8, 4) is 5.75 Å². The second-order valence-electron chi connectivity index (χ2n) is 7.73. The molecule has 0 unspecified atom stereocenters. The van der Waals surface area contributed by atoms with Gasteiger partial charge in [0, 0.05) is 18.5 Å². The molecule has 3 atom stereocenters. The maximum absolute atomic E-state index is 13.0. The zero-order valence-corrected chi connectivity index (χ0v) is 15.5. The third-order valence-corrected chi connectivity index (χ3v) is 6.25. The van der Waals surface area contributed by atoms with E-state index in [-0.39, 0.29) is 36.1 Å². The molecule has 0 bridgehead atoms. The molecule has 1 spiro atoms. The summed E-state index contributed by atoms with van der Waals surface area (Å²) < 4.78 is 6.47. The minimum absolute atomic E-state index is 0.0449. The van der Waals surface area contributed by atoms with E-state index < -0.39 is 5.72 Å². The smallest absolute Gasteiger partial charge is 0.227 e. The third kappa shape index (κ3) is 2.52. The molecular formula is C22H22N2O4. The average Bonchev–Trinajstić information content (AvgIpc) is 3.33. The van der Waals surface area contributed by atoms with E-state index in [4.69, 9.17) is 4.74 Å². The topological polar surface area (TPSA) is 70.1 Å². The first kappa shape index (κ1) is 17.3. The lowest BCUT2D eigenvalue weighted by Gasteiger charge is -2.32. The molecule has 0 saturated carbocycles. The van der Waals surface area contributed by atoms with Crippen molar-refractivity contribution in [1.82, 2.24) is 9.80 Å². The number of benzene rings is 2. The predicted molar refractivity (Wildman–Crippen MR) is 101 cm³/mol. The SMILES string of the molecule is O=C(Cc1ccccc1O)N1CC[C@@]23O[C@@H](c4ccccc4)CN2C(=O)C[C@@H]13. The number of amides is 2. The van der Waals surface area contributed by atoms with E-state index in [0.29, 0.717) is 31.5 Å². The number of rotatable bonds is 3. The Morgan fingerprint density at radius 3 is 2.68 bits per heavy atom. The van der Waals surface area contributed by atoms with Gasteiger partial charge in [0.25, 0.3) is 0 Å². The molecular weight excluding hydrogens is 356 g/mol. The largest absolute Gasteiger partial charge is 0.508 e. The number of hydrogen-bond donors (Lipinski definition) is 1. The van der Waals surface area contributed by atoms with Crippen LogP contribution in [0.15, 0.2) is 54.6 Å². The van der Waals surface area contributed by atoms with Gasteiger partial charge in [-0.25, -0.2) is 0 Å². The minimum atomic E-state index is -0.716. The summed E-state index contributed by atoms with van der Waals surface area (Å²) in [4.78, 5) is 29.3. The maximum Gasteiger partial charge on any atom is 0.227 e. The van der Waals surface area contributed by atoms with Crippen molar-refractivity contribution >= 4 is 11.8 Å². The van der Waals surface area contributed by atoms with Crippen LogP contribution in [0.5, 0.6) is 5.75 Å². The third-order valence-electron chi connectivity index (χ3n) is 6.25. The second kappa shape index (κ2) is 6.34. The first-order valence-corrected chi connectivity index (χ1v) is 9.68. The van der Waals surface area contributed by atoms with Crippen LogP contribution in [0.25, 0.3) is 0 Å². The second-order valence-corrected chi connectivity index (χ2v) is 7.73. The number of likely N-dealkylation sites (tertiary alicyclic amines) is 1. The molecule has 0 aromatic heterocycles. The molecule has 0 aliphatic carbocycles. The molecule has 3 aliphatic heterocycles. The Labute approximate surface area is 163 Å². The molecule has 3 saturated heterocycles. The van der Waals surface area contributed by atoms with Gasteiger partial charge in [-0.1, -0.05) is 48.5 Å². The van der Waals surface area contributed by atoms with Crippen LogP contribution in [0, 0.1) is 0 Å². The fourth-order valence-electron chi connectivity index (χ4n) is 4.89. The molecule has 28 heavy (non-hydrogen) atoms. The predicted octanol–water partition coefficient (Wildman–Crippen LogP) is 2.24. The van der Waals surface area contributed by atoms with Crippen LogP contribution in [-0.2, 0) is 20.7 Å². The summed E-state index contributed by atoms with van der Waals surface area (Å²) in [6, 6.07) is 16.5. The number of phenolic OH excluding ortho intramolecular Hbond substituents is 1. The fraction of sp³-hybridized carbons (Fsp3) is 0.364. The highest BCUT2D eigenvalue weighted by atomic mass is 16.5. The zero-order chi connectivity index (χ0) is 19.3. The summed E-state index contributed by atoms with van der Waals surface area (Å²) in [7, 11) is 0.